The first kappa shape index (κ1) is 13.3. The van der Waals surface area contributed by atoms with Crippen molar-refractivity contribution in [1.82, 2.24) is 0 Å². The van der Waals surface area contributed by atoms with Gasteiger partial charge in [0, 0.05) is 15.7 Å². The molecule has 0 aliphatic carbocycles. The van der Waals surface area contributed by atoms with Crippen LogP contribution in [0.25, 0.3) is 0 Å². The van der Waals surface area contributed by atoms with Crippen molar-refractivity contribution in [2.24, 2.45) is 0 Å². The topological polar surface area (TPSA) is 9.23 Å². The lowest BCUT2D eigenvalue weighted by atomic mass is 10.2. The lowest BCUT2D eigenvalue weighted by Gasteiger charge is -2.09. The lowest BCUT2D eigenvalue weighted by Crippen LogP contribution is -2.01. The van der Waals surface area contributed by atoms with Crippen LogP contribution in [0.15, 0.2) is 53.4 Å². The van der Waals surface area contributed by atoms with Gasteiger partial charge in [-0.2, -0.15) is 0 Å². The minimum atomic E-state index is 0.696. The van der Waals surface area contributed by atoms with Gasteiger partial charge >= 0.3 is 0 Å². The van der Waals surface area contributed by atoms with Crippen molar-refractivity contribution in [1.29, 1.82) is 0 Å². The van der Waals surface area contributed by atoms with E-state index in [-0.39, 0.29) is 0 Å². The maximum atomic E-state index is 5.90. The molecule has 94 valence electrons. The van der Waals surface area contributed by atoms with Crippen LogP contribution in [0, 0.1) is 6.92 Å². The highest BCUT2D eigenvalue weighted by Gasteiger charge is 2.00. The molecule has 0 aliphatic heterocycles. The van der Waals surface area contributed by atoms with E-state index in [0.717, 1.165) is 22.1 Å². The number of benzene rings is 2. The molecule has 2 aromatic rings. The molecule has 3 heteroatoms. The first-order valence-electron chi connectivity index (χ1n) is 5.82. The fourth-order valence-electron chi connectivity index (χ4n) is 1.60. The number of ether oxygens (including phenoxy) is 1. The van der Waals surface area contributed by atoms with Gasteiger partial charge in [0.25, 0.3) is 0 Å². The molecule has 0 saturated heterocycles. The van der Waals surface area contributed by atoms with Crippen LogP contribution in [0.2, 0.25) is 5.02 Å². The normalized spacial score (nSPS) is 10.3. The van der Waals surface area contributed by atoms with Crippen molar-refractivity contribution in [2.75, 3.05) is 12.4 Å². The van der Waals surface area contributed by atoms with E-state index in [2.05, 4.69) is 12.1 Å². The molecule has 0 amide bonds. The summed E-state index contributed by atoms with van der Waals surface area (Å²) in [4.78, 5) is 1.27. The van der Waals surface area contributed by atoms with Crippen LogP contribution < -0.4 is 4.74 Å². The van der Waals surface area contributed by atoms with Gasteiger partial charge in [0.05, 0.1) is 6.61 Å². The molecule has 0 spiro atoms. The van der Waals surface area contributed by atoms with E-state index in [1.54, 1.807) is 11.8 Å². The Labute approximate surface area is 117 Å². The molecule has 2 aromatic carbocycles. The van der Waals surface area contributed by atoms with Gasteiger partial charge in [0.15, 0.2) is 0 Å². The molecule has 0 heterocycles. The van der Waals surface area contributed by atoms with Crippen LogP contribution in [0.4, 0.5) is 0 Å². The van der Waals surface area contributed by atoms with Crippen molar-refractivity contribution in [3.8, 4) is 5.75 Å². The fourth-order valence-corrected chi connectivity index (χ4v) is 2.58. The smallest absolute Gasteiger partial charge is 0.122 e. The molecule has 0 aromatic heterocycles. The predicted octanol–water partition coefficient (Wildman–Crippen LogP) is 4.82. The molecule has 0 saturated carbocycles. The minimum Gasteiger partial charge on any atom is -0.492 e. The van der Waals surface area contributed by atoms with E-state index >= 15 is 0 Å². The standard InChI is InChI=1S/C15H15ClOS/c1-12-11-13(16)7-8-15(12)17-9-10-18-14-5-3-2-4-6-14/h2-8,11H,9-10H2,1H3. The number of hydrogen-bond acceptors (Lipinski definition) is 2. The van der Waals surface area contributed by atoms with Gasteiger partial charge in [-0.3, -0.25) is 0 Å². The second kappa shape index (κ2) is 6.72. The number of hydrogen-bond donors (Lipinski definition) is 0. The third-order valence-corrected chi connectivity index (χ3v) is 3.70. The minimum absolute atomic E-state index is 0.696. The van der Waals surface area contributed by atoms with E-state index in [9.17, 15) is 0 Å². The number of aryl methyl sites for hydroxylation is 1. The molecular weight excluding hydrogens is 264 g/mol. The maximum absolute atomic E-state index is 5.90. The van der Waals surface area contributed by atoms with Crippen molar-refractivity contribution in [3.05, 3.63) is 59.1 Å². The van der Waals surface area contributed by atoms with Crippen LogP contribution in [0.5, 0.6) is 5.75 Å². The number of rotatable bonds is 5. The fraction of sp³-hybridized carbons (Fsp3) is 0.200. The van der Waals surface area contributed by atoms with E-state index in [4.69, 9.17) is 16.3 Å². The summed E-state index contributed by atoms with van der Waals surface area (Å²) in [5.41, 5.74) is 1.08. The molecule has 2 rings (SSSR count). The van der Waals surface area contributed by atoms with Crippen LogP contribution in [-0.2, 0) is 0 Å². The average molecular weight is 279 g/mol. The van der Waals surface area contributed by atoms with Gasteiger partial charge in [0.1, 0.15) is 5.75 Å². The van der Waals surface area contributed by atoms with E-state index in [0.29, 0.717) is 6.61 Å². The molecule has 0 atom stereocenters. The van der Waals surface area contributed by atoms with Crippen molar-refractivity contribution < 1.29 is 4.74 Å². The Morgan fingerprint density at radius 3 is 2.61 bits per heavy atom. The Kier molecular flexibility index (Phi) is 4.97. The molecule has 18 heavy (non-hydrogen) atoms. The summed E-state index contributed by atoms with van der Waals surface area (Å²) >= 11 is 7.70. The second-order valence-corrected chi connectivity index (χ2v) is 5.52. The number of halogens is 1. The predicted molar refractivity (Wildman–Crippen MR) is 78.9 cm³/mol. The Bertz CT molecular complexity index is 499. The Morgan fingerprint density at radius 1 is 1.11 bits per heavy atom. The molecule has 0 N–H and O–H groups in total. The van der Waals surface area contributed by atoms with E-state index in [1.165, 1.54) is 4.90 Å². The van der Waals surface area contributed by atoms with Gasteiger partial charge in [0.2, 0.25) is 0 Å². The quantitative estimate of drug-likeness (QED) is 0.573. The largest absolute Gasteiger partial charge is 0.492 e. The summed E-state index contributed by atoms with van der Waals surface area (Å²) in [5, 5.41) is 0.749. The summed E-state index contributed by atoms with van der Waals surface area (Å²) in [6.07, 6.45) is 0. The first-order valence-corrected chi connectivity index (χ1v) is 7.19. The Morgan fingerprint density at radius 2 is 1.89 bits per heavy atom. The number of thioether (sulfide) groups is 1. The maximum Gasteiger partial charge on any atom is 0.122 e. The Hall–Kier alpha value is -1.12. The van der Waals surface area contributed by atoms with E-state index in [1.807, 2.05) is 43.3 Å². The van der Waals surface area contributed by atoms with Crippen LogP contribution in [0.1, 0.15) is 5.56 Å². The van der Waals surface area contributed by atoms with Crippen molar-refractivity contribution >= 4 is 23.4 Å². The molecule has 0 unspecified atom stereocenters. The van der Waals surface area contributed by atoms with Crippen LogP contribution in [0.3, 0.4) is 0 Å². The molecule has 0 radical (unpaired) electrons. The third-order valence-electron chi connectivity index (χ3n) is 2.49. The third kappa shape index (κ3) is 3.97. The van der Waals surface area contributed by atoms with Gasteiger partial charge in [-0.15, -0.1) is 11.8 Å². The first-order chi connectivity index (χ1) is 8.75. The highest BCUT2D eigenvalue weighted by atomic mass is 35.5. The zero-order chi connectivity index (χ0) is 12.8. The van der Waals surface area contributed by atoms with Gasteiger partial charge < -0.3 is 4.74 Å². The van der Waals surface area contributed by atoms with Gasteiger partial charge in [-0.1, -0.05) is 29.8 Å². The summed E-state index contributed by atoms with van der Waals surface area (Å²) in [6.45, 7) is 2.70. The zero-order valence-electron chi connectivity index (χ0n) is 10.2. The van der Waals surface area contributed by atoms with Crippen molar-refractivity contribution in [3.63, 3.8) is 0 Å². The van der Waals surface area contributed by atoms with Crippen LogP contribution in [-0.4, -0.2) is 12.4 Å². The van der Waals surface area contributed by atoms with E-state index < -0.39 is 0 Å². The van der Waals surface area contributed by atoms with Crippen LogP contribution >= 0.6 is 23.4 Å². The summed E-state index contributed by atoms with van der Waals surface area (Å²) < 4.78 is 5.73. The average Bonchev–Trinajstić information content (AvgIpc) is 2.38. The molecule has 0 aliphatic rings. The molecule has 1 nitrogen and oxygen atoms in total. The monoisotopic (exact) mass is 278 g/mol. The zero-order valence-corrected chi connectivity index (χ0v) is 11.8. The summed E-state index contributed by atoms with van der Waals surface area (Å²) in [6, 6.07) is 16.0. The van der Waals surface area contributed by atoms with Crippen molar-refractivity contribution in [2.45, 2.75) is 11.8 Å². The SMILES string of the molecule is Cc1cc(Cl)ccc1OCCSc1ccccc1. The molecule has 0 fully saturated rings. The summed E-state index contributed by atoms with van der Waals surface area (Å²) in [7, 11) is 0. The molecular formula is C15H15ClOS. The van der Waals surface area contributed by atoms with Gasteiger partial charge in [-0.05, 0) is 42.8 Å². The highest BCUT2D eigenvalue weighted by Crippen LogP contribution is 2.22. The lowest BCUT2D eigenvalue weighted by molar-refractivity contribution is 0.341. The summed E-state index contributed by atoms with van der Waals surface area (Å²) in [5.74, 6) is 1.85. The second-order valence-electron chi connectivity index (χ2n) is 3.92. The Balaban J connectivity index is 1.79. The van der Waals surface area contributed by atoms with Gasteiger partial charge in [-0.25, -0.2) is 0 Å². The molecule has 0 bridgehead atoms. The highest BCUT2D eigenvalue weighted by molar-refractivity contribution is 7.99.